The number of para-hydroxylation sites is 1. The Morgan fingerprint density at radius 3 is 2.63 bits per heavy atom. The molecule has 6 aromatic rings. The first-order valence-corrected chi connectivity index (χ1v) is 17.6. The molecule has 15 heteroatoms. The SMILES string of the molecule is Nc1nc2sc(C(=O)NC3CCN(CC(O)(Cn4cncn4)c4cccnc4)CC3)cc2n(-c2ccc3c(c2)N(c2ccccc2)CCO3)c1=O. The predicted octanol–water partition coefficient (Wildman–Crippen LogP) is 3.33. The molecule has 4 N–H and O–H groups in total. The van der Waals surface area contributed by atoms with Crippen LogP contribution in [0.1, 0.15) is 28.1 Å². The molecule has 2 aliphatic heterocycles. The van der Waals surface area contributed by atoms with Crippen LogP contribution in [0.15, 0.2) is 96.6 Å². The van der Waals surface area contributed by atoms with E-state index in [0.717, 1.165) is 11.4 Å². The number of benzene rings is 2. The van der Waals surface area contributed by atoms with Gasteiger partial charge in [0.2, 0.25) is 0 Å². The highest BCUT2D eigenvalue weighted by Gasteiger charge is 2.35. The molecule has 0 saturated carbocycles. The van der Waals surface area contributed by atoms with Gasteiger partial charge in [0.25, 0.3) is 11.5 Å². The average molecular weight is 705 g/mol. The molecule has 260 valence electrons. The normalized spacial score (nSPS) is 16.4. The third-order valence-electron chi connectivity index (χ3n) is 9.43. The van der Waals surface area contributed by atoms with E-state index in [1.807, 2.05) is 60.7 Å². The van der Waals surface area contributed by atoms with Gasteiger partial charge in [0, 0.05) is 49.3 Å². The number of β-amino-alcohol motifs (C(OH)–C–C–N with tert-alkyl or cyclic N) is 1. The highest BCUT2D eigenvalue weighted by Crippen LogP contribution is 2.38. The van der Waals surface area contributed by atoms with Gasteiger partial charge in [0.15, 0.2) is 5.82 Å². The standard InChI is InChI=1S/C36H36N10O4S/c37-32-35(48)46(27-8-9-30-28(17-27)45(15-16-50-30)26-6-2-1-3-7-26)29-18-31(51-34(29)42-32)33(47)41-25-10-13-43(14-11-25)20-36(49,21-44-23-39-22-40-44)24-5-4-12-38-19-24/h1-9,12,17-19,22-23,25,49H,10-11,13-16,20-21H2,(H2,37,42)(H,41,47). The Kier molecular flexibility index (Phi) is 8.67. The zero-order valence-electron chi connectivity index (χ0n) is 27.6. The maximum Gasteiger partial charge on any atom is 0.298 e. The van der Waals surface area contributed by atoms with Crippen LogP contribution < -0.4 is 26.2 Å². The molecule has 2 aliphatic rings. The maximum absolute atomic E-state index is 13.6. The number of nitrogen functional groups attached to an aromatic ring is 1. The molecule has 1 unspecified atom stereocenters. The van der Waals surface area contributed by atoms with Gasteiger partial charge in [0.05, 0.1) is 34.9 Å². The second-order valence-corrected chi connectivity index (χ2v) is 13.8. The average Bonchev–Trinajstić information content (AvgIpc) is 3.83. The van der Waals surface area contributed by atoms with E-state index in [-0.39, 0.29) is 24.3 Å². The fourth-order valence-corrected chi connectivity index (χ4v) is 7.83. The first-order chi connectivity index (χ1) is 24.8. The van der Waals surface area contributed by atoms with Crippen LogP contribution in [0.3, 0.4) is 0 Å². The van der Waals surface area contributed by atoms with Crippen LogP contribution in [0.4, 0.5) is 17.2 Å². The van der Waals surface area contributed by atoms with E-state index in [1.54, 1.807) is 29.5 Å². The number of hydrogen-bond donors (Lipinski definition) is 3. The smallest absolute Gasteiger partial charge is 0.298 e. The number of anilines is 3. The van der Waals surface area contributed by atoms with Crippen LogP contribution in [0.2, 0.25) is 0 Å². The van der Waals surface area contributed by atoms with Gasteiger partial charge < -0.3 is 25.8 Å². The number of nitrogens with two attached hydrogens (primary N) is 1. The highest BCUT2D eigenvalue weighted by atomic mass is 32.1. The van der Waals surface area contributed by atoms with E-state index in [4.69, 9.17) is 10.5 Å². The number of aliphatic hydroxyl groups is 1. The van der Waals surface area contributed by atoms with Gasteiger partial charge in [-0.15, -0.1) is 11.3 Å². The lowest BCUT2D eigenvalue weighted by Gasteiger charge is -2.38. The van der Waals surface area contributed by atoms with E-state index in [1.165, 1.54) is 22.2 Å². The largest absolute Gasteiger partial charge is 0.490 e. The van der Waals surface area contributed by atoms with Crippen molar-refractivity contribution in [2.75, 3.05) is 43.4 Å². The second-order valence-electron chi connectivity index (χ2n) is 12.8. The molecule has 0 spiro atoms. The van der Waals surface area contributed by atoms with Crippen molar-refractivity contribution >= 4 is 44.8 Å². The summed E-state index contributed by atoms with van der Waals surface area (Å²) in [7, 11) is 0. The van der Waals surface area contributed by atoms with Crippen LogP contribution >= 0.6 is 11.3 Å². The lowest BCUT2D eigenvalue weighted by molar-refractivity contribution is -0.0248. The van der Waals surface area contributed by atoms with Gasteiger partial charge in [-0.1, -0.05) is 24.3 Å². The van der Waals surface area contributed by atoms with Crippen molar-refractivity contribution in [3.63, 3.8) is 0 Å². The molecule has 4 aromatic heterocycles. The quantitative estimate of drug-likeness (QED) is 0.202. The third-order valence-corrected chi connectivity index (χ3v) is 10.4. The Labute approximate surface area is 296 Å². The molecule has 14 nitrogen and oxygen atoms in total. The van der Waals surface area contributed by atoms with E-state index >= 15 is 0 Å². The number of pyridine rings is 1. The van der Waals surface area contributed by atoms with Gasteiger partial charge in [-0.05, 0) is 55.3 Å². The van der Waals surface area contributed by atoms with Crippen molar-refractivity contribution < 1.29 is 14.6 Å². The van der Waals surface area contributed by atoms with E-state index in [0.29, 0.717) is 77.9 Å². The fourth-order valence-electron chi connectivity index (χ4n) is 6.90. The molecule has 2 aromatic carbocycles. The molecular weight excluding hydrogens is 669 g/mol. The molecule has 1 saturated heterocycles. The number of hydrogen-bond acceptors (Lipinski definition) is 12. The summed E-state index contributed by atoms with van der Waals surface area (Å²) in [6.45, 7) is 3.15. The number of nitrogens with one attached hydrogen (secondary N) is 1. The van der Waals surface area contributed by atoms with Gasteiger partial charge in [-0.25, -0.2) is 14.6 Å². The minimum absolute atomic E-state index is 0.0643. The van der Waals surface area contributed by atoms with Gasteiger partial charge in [-0.3, -0.25) is 24.0 Å². The van der Waals surface area contributed by atoms with Gasteiger partial charge in [-0.2, -0.15) is 5.10 Å². The van der Waals surface area contributed by atoms with Gasteiger partial charge in [0.1, 0.15) is 35.4 Å². The summed E-state index contributed by atoms with van der Waals surface area (Å²) < 4.78 is 9.08. The Bertz CT molecular complexity index is 2220. The van der Waals surface area contributed by atoms with Crippen molar-refractivity contribution in [2.24, 2.45) is 0 Å². The third kappa shape index (κ3) is 6.54. The molecule has 1 fully saturated rings. The molecule has 1 atom stereocenters. The number of nitrogens with zero attached hydrogens (tertiary/aromatic N) is 8. The Morgan fingerprint density at radius 2 is 1.86 bits per heavy atom. The van der Waals surface area contributed by atoms with Gasteiger partial charge >= 0.3 is 0 Å². The molecule has 8 rings (SSSR count). The lowest BCUT2D eigenvalue weighted by Crippen LogP contribution is -2.50. The first-order valence-electron chi connectivity index (χ1n) is 16.7. The number of amides is 1. The van der Waals surface area contributed by atoms with Crippen molar-refractivity contribution in [3.05, 3.63) is 113 Å². The molecule has 0 radical (unpaired) electrons. The fraction of sp³-hybridized carbons (Fsp3) is 0.278. The number of carbonyl (C=O) groups is 1. The molecular formula is C36H36N10O4S. The van der Waals surface area contributed by atoms with Crippen molar-refractivity contribution in [1.29, 1.82) is 0 Å². The number of thiophene rings is 1. The second kappa shape index (κ2) is 13.6. The van der Waals surface area contributed by atoms with E-state index in [2.05, 4.69) is 35.2 Å². The van der Waals surface area contributed by atoms with Crippen LogP contribution in [0, 0.1) is 0 Å². The summed E-state index contributed by atoms with van der Waals surface area (Å²) in [5.74, 6) is 0.336. The Morgan fingerprint density at radius 1 is 1.02 bits per heavy atom. The van der Waals surface area contributed by atoms with Crippen LogP contribution in [-0.4, -0.2) is 84.0 Å². The van der Waals surface area contributed by atoms with Crippen molar-refractivity contribution in [3.8, 4) is 11.4 Å². The summed E-state index contributed by atoms with van der Waals surface area (Å²) in [5, 5.41) is 19.2. The number of aromatic nitrogens is 6. The summed E-state index contributed by atoms with van der Waals surface area (Å²) >= 11 is 1.20. The maximum atomic E-state index is 13.6. The molecule has 0 aliphatic carbocycles. The number of rotatable bonds is 9. The van der Waals surface area contributed by atoms with Crippen LogP contribution in [-0.2, 0) is 12.1 Å². The Balaban J connectivity index is 0.991. The minimum atomic E-state index is -1.23. The van der Waals surface area contributed by atoms with E-state index < -0.39 is 11.2 Å². The lowest BCUT2D eigenvalue weighted by atomic mass is 9.93. The van der Waals surface area contributed by atoms with Crippen LogP contribution in [0.25, 0.3) is 16.0 Å². The molecule has 51 heavy (non-hydrogen) atoms. The highest BCUT2D eigenvalue weighted by molar-refractivity contribution is 7.20. The molecule has 1 amide bonds. The van der Waals surface area contributed by atoms with E-state index in [9.17, 15) is 14.7 Å². The summed E-state index contributed by atoms with van der Waals surface area (Å²) in [6, 6.07) is 20.9. The topological polar surface area (TPSA) is 170 Å². The molecule has 0 bridgehead atoms. The summed E-state index contributed by atoms with van der Waals surface area (Å²) in [5.41, 5.74) is 8.09. The Hall–Kier alpha value is -5.64. The predicted molar refractivity (Wildman–Crippen MR) is 194 cm³/mol. The first kappa shape index (κ1) is 32.6. The monoisotopic (exact) mass is 704 g/mol. The molecule has 6 heterocycles. The number of carbonyl (C=O) groups excluding carboxylic acids is 1. The number of likely N-dealkylation sites (tertiary alicyclic amines) is 1. The van der Waals surface area contributed by atoms with Crippen molar-refractivity contribution in [1.82, 2.24) is 39.5 Å². The number of piperidine rings is 1. The number of ether oxygens (including phenoxy) is 1. The zero-order valence-corrected chi connectivity index (χ0v) is 28.4. The van der Waals surface area contributed by atoms with Crippen LogP contribution in [0.5, 0.6) is 5.75 Å². The summed E-state index contributed by atoms with van der Waals surface area (Å²) in [4.78, 5) is 45.0. The summed E-state index contributed by atoms with van der Waals surface area (Å²) in [6.07, 6.45) is 7.79. The van der Waals surface area contributed by atoms with Crippen molar-refractivity contribution in [2.45, 2.75) is 31.0 Å². The number of fused-ring (bicyclic) bond motifs is 2. The zero-order chi connectivity index (χ0) is 35.0. The minimum Gasteiger partial charge on any atom is -0.490 e.